The molecule has 0 saturated carbocycles. The quantitative estimate of drug-likeness (QED) is 0.648. The highest BCUT2D eigenvalue weighted by molar-refractivity contribution is 5.78. The number of amides is 1. The van der Waals surface area contributed by atoms with E-state index in [9.17, 15) is 4.79 Å². The summed E-state index contributed by atoms with van der Waals surface area (Å²) >= 11 is 0. The molecule has 1 amide bonds. The molecule has 1 unspecified atom stereocenters. The van der Waals surface area contributed by atoms with Crippen LogP contribution in [0.2, 0.25) is 0 Å². The van der Waals surface area contributed by atoms with Crippen molar-refractivity contribution in [1.29, 1.82) is 0 Å². The maximum atomic E-state index is 11.7. The number of likely N-dealkylation sites (N-methyl/N-ethyl adjacent to an activating group) is 1. The smallest absolute Gasteiger partial charge is 0.222 e. The molecule has 0 aromatic carbocycles. The normalized spacial score (nSPS) is 22.2. The lowest BCUT2D eigenvalue weighted by Crippen LogP contribution is -2.49. The van der Waals surface area contributed by atoms with E-state index >= 15 is 0 Å². The summed E-state index contributed by atoms with van der Waals surface area (Å²) in [6.07, 6.45) is 1.01. The number of ether oxygens (including phenoxy) is 1. The van der Waals surface area contributed by atoms with Crippen LogP contribution in [0.3, 0.4) is 0 Å². The van der Waals surface area contributed by atoms with Crippen molar-refractivity contribution in [2.24, 2.45) is 5.92 Å². The van der Waals surface area contributed by atoms with E-state index in [1.54, 1.807) is 0 Å². The van der Waals surface area contributed by atoms with E-state index in [1.165, 1.54) is 0 Å². The van der Waals surface area contributed by atoms with Crippen LogP contribution in [0.25, 0.3) is 0 Å². The zero-order chi connectivity index (χ0) is 14.1. The van der Waals surface area contributed by atoms with E-state index in [0.29, 0.717) is 6.54 Å². The average Bonchev–Trinajstić information content (AvgIpc) is 2.44. The van der Waals surface area contributed by atoms with Crippen molar-refractivity contribution >= 4 is 5.91 Å². The first kappa shape index (κ1) is 16.4. The average molecular weight is 275 g/mol. The highest BCUT2D eigenvalue weighted by Gasteiger charge is 2.21. The maximum Gasteiger partial charge on any atom is 0.222 e. The number of hydrogen-bond donors (Lipinski definition) is 2. The number of carbonyl (C=O) groups excluding carboxylic acids is 1. The molecule has 5 nitrogen and oxygen atoms in total. The second-order valence-corrected chi connectivity index (χ2v) is 5.20. The Balaban J connectivity index is 0. The third-order valence-electron chi connectivity index (χ3n) is 3.64. The van der Waals surface area contributed by atoms with Crippen LogP contribution in [0, 0.1) is 5.92 Å². The Morgan fingerprint density at radius 3 is 3.00 bits per heavy atom. The standard InChI is InChI=1S/C14H29N3O2.2H2/c1-4-12(3)14(18)16-10-13-11-17(8-9-19-13)7-6-15-5-2;;/h12-13,15H,4-11H2,1-3H3,(H,16,18);2*1H/t12?,13-;;/m0../s1. The minimum absolute atomic E-state index is 0. The third-order valence-corrected chi connectivity index (χ3v) is 3.64. The Bertz CT molecular complexity index is 271. The van der Waals surface area contributed by atoms with Crippen molar-refractivity contribution < 1.29 is 12.4 Å². The Hall–Kier alpha value is -0.650. The fourth-order valence-electron chi connectivity index (χ4n) is 2.10. The molecule has 116 valence electrons. The molecule has 1 aliphatic heterocycles. The van der Waals surface area contributed by atoms with Crippen molar-refractivity contribution in [3.8, 4) is 0 Å². The van der Waals surface area contributed by atoms with Gasteiger partial charge in [-0.2, -0.15) is 0 Å². The predicted molar refractivity (Wildman–Crippen MR) is 81.4 cm³/mol. The van der Waals surface area contributed by atoms with Gasteiger partial charge in [0.25, 0.3) is 0 Å². The minimum Gasteiger partial charge on any atom is -0.374 e. The molecule has 1 saturated heterocycles. The summed E-state index contributed by atoms with van der Waals surface area (Å²) in [7, 11) is 0. The van der Waals surface area contributed by atoms with Gasteiger partial charge >= 0.3 is 0 Å². The molecule has 0 spiro atoms. The summed E-state index contributed by atoms with van der Waals surface area (Å²) in [4.78, 5) is 14.1. The number of rotatable bonds is 8. The van der Waals surface area contributed by atoms with Crippen LogP contribution in [0.1, 0.15) is 30.0 Å². The van der Waals surface area contributed by atoms with Gasteiger partial charge in [0.1, 0.15) is 0 Å². The molecule has 0 aromatic heterocycles. The largest absolute Gasteiger partial charge is 0.374 e. The monoisotopic (exact) mass is 275 g/mol. The number of morpholine rings is 1. The topological polar surface area (TPSA) is 53.6 Å². The van der Waals surface area contributed by atoms with Crippen molar-refractivity contribution in [3.63, 3.8) is 0 Å². The lowest BCUT2D eigenvalue weighted by molar-refractivity contribution is -0.125. The van der Waals surface area contributed by atoms with Gasteiger partial charge in [0.05, 0.1) is 12.7 Å². The van der Waals surface area contributed by atoms with Crippen LogP contribution in [-0.4, -0.2) is 62.8 Å². The highest BCUT2D eigenvalue weighted by Crippen LogP contribution is 2.05. The first-order chi connectivity index (χ1) is 9.17. The van der Waals surface area contributed by atoms with Gasteiger partial charge in [-0.05, 0) is 13.0 Å². The molecule has 0 radical (unpaired) electrons. The number of nitrogens with zero attached hydrogens (tertiary/aromatic N) is 1. The van der Waals surface area contributed by atoms with Gasteiger partial charge in [0.2, 0.25) is 5.91 Å². The first-order valence-corrected chi connectivity index (χ1v) is 7.49. The van der Waals surface area contributed by atoms with Gasteiger partial charge in [-0.15, -0.1) is 0 Å². The van der Waals surface area contributed by atoms with Crippen molar-refractivity contribution in [1.82, 2.24) is 15.5 Å². The molecule has 2 atom stereocenters. The molecule has 0 aromatic rings. The van der Waals surface area contributed by atoms with E-state index in [0.717, 1.165) is 45.8 Å². The molecular formula is C14H33N3O2. The van der Waals surface area contributed by atoms with Gasteiger partial charge in [0.15, 0.2) is 0 Å². The van der Waals surface area contributed by atoms with E-state index in [4.69, 9.17) is 4.74 Å². The van der Waals surface area contributed by atoms with Gasteiger partial charge in [0, 0.05) is 41.5 Å². The Morgan fingerprint density at radius 2 is 2.32 bits per heavy atom. The number of nitrogens with one attached hydrogen (secondary N) is 2. The van der Waals surface area contributed by atoms with Crippen LogP contribution in [0.5, 0.6) is 0 Å². The lowest BCUT2D eigenvalue weighted by Gasteiger charge is -2.33. The van der Waals surface area contributed by atoms with Gasteiger partial charge in [-0.3, -0.25) is 9.69 Å². The first-order valence-electron chi connectivity index (χ1n) is 7.49. The highest BCUT2D eigenvalue weighted by atomic mass is 16.5. The summed E-state index contributed by atoms with van der Waals surface area (Å²) in [5.41, 5.74) is 0. The third kappa shape index (κ3) is 6.36. The van der Waals surface area contributed by atoms with Crippen LogP contribution < -0.4 is 10.6 Å². The lowest BCUT2D eigenvalue weighted by atomic mass is 10.1. The molecule has 19 heavy (non-hydrogen) atoms. The summed E-state index contributed by atoms with van der Waals surface area (Å²) in [6, 6.07) is 0. The minimum atomic E-state index is 0. The fourth-order valence-corrected chi connectivity index (χ4v) is 2.10. The second-order valence-electron chi connectivity index (χ2n) is 5.20. The molecule has 0 bridgehead atoms. The van der Waals surface area contributed by atoms with Crippen LogP contribution in [0.4, 0.5) is 0 Å². The van der Waals surface area contributed by atoms with Gasteiger partial charge in [-0.25, -0.2) is 0 Å². The summed E-state index contributed by atoms with van der Waals surface area (Å²) in [5.74, 6) is 0.226. The fraction of sp³-hybridized carbons (Fsp3) is 0.929. The van der Waals surface area contributed by atoms with E-state index < -0.39 is 0 Å². The van der Waals surface area contributed by atoms with Crippen molar-refractivity contribution in [2.45, 2.75) is 33.3 Å². The zero-order valence-electron chi connectivity index (χ0n) is 12.6. The van der Waals surface area contributed by atoms with Crippen LogP contribution >= 0.6 is 0 Å². The molecule has 5 heteroatoms. The van der Waals surface area contributed by atoms with E-state index in [-0.39, 0.29) is 20.8 Å². The summed E-state index contributed by atoms with van der Waals surface area (Å²) in [5, 5.41) is 6.32. The summed E-state index contributed by atoms with van der Waals surface area (Å²) < 4.78 is 5.70. The predicted octanol–water partition coefficient (Wildman–Crippen LogP) is 0.951. The maximum absolute atomic E-state index is 11.7. The molecule has 0 aliphatic carbocycles. The van der Waals surface area contributed by atoms with Crippen LogP contribution in [0.15, 0.2) is 0 Å². The Kier molecular flexibility index (Phi) is 8.02. The molecule has 1 rings (SSSR count). The molecule has 1 heterocycles. The number of carbonyl (C=O) groups is 1. The van der Waals surface area contributed by atoms with Crippen molar-refractivity contribution in [3.05, 3.63) is 0 Å². The molecule has 2 N–H and O–H groups in total. The zero-order valence-corrected chi connectivity index (χ0v) is 12.6. The van der Waals surface area contributed by atoms with Gasteiger partial charge in [-0.1, -0.05) is 20.8 Å². The molecule has 1 fully saturated rings. The molecule has 1 aliphatic rings. The molecular weight excluding hydrogens is 242 g/mol. The second kappa shape index (κ2) is 9.28. The van der Waals surface area contributed by atoms with Crippen LogP contribution in [-0.2, 0) is 9.53 Å². The van der Waals surface area contributed by atoms with Crippen molar-refractivity contribution in [2.75, 3.05) is 45.9 Å². The SMILES string of the molecule is CCNCCN1CCO[C@@H](CNC(=O)C(C)CC)C1.[HH].[HH]. The number of hydrogen-bond acceptors (Lipinski definition) is 4. The Labute approximate surface area is 120 Å². The van der Waals surface area contributed by atoms with E-state index in [2.05, 4.69) is 22.5 Å². The van der Waals surface area contributed by atoms with Gasteiger partial charge < -0.3 is 15.4 Å². The summed E-state index contributed by atoms with van der Waals surface area (Å²) in [6.45, 7) is 12.5. The van der Waals surface area contributed by atoms with E-state index in [1.807, 2.05) is 13.8 Å². The Morgan fingerprint density at radius 1 is 1.53 bits per heavy atom.